The maximum Gasteiger partial charge on any atom is 0.233 e. The Morgan fingerprint density at radius 2 is 2.12 bits per heavy atom. The first-order valence-electron chi connectivity index (χ1n) is 4.81. The molecule has 2 rings (SSSR count). The first-order valence-corrected chi connectivity index (χ1v) is 5.60. The minimum Gasteiger partial charge on any atom is -0.436 e. The predicted octanol–water partition coefficient (Wildman–Crippen LogP) is 3.53. The summed E-state index contributed by atoms with van der Waals surface area (Å²) in [5.74, 6) is 1.13. The Kier molecular flexibility index (Phi) is 3.10. The van der Waals surface area contributed by atoms with Crippen molar-refractivity contribution in [3.8, 4) is 11.6 Å². The van der Waals surface area contributed by atoms with Gasteiger partial charge in [0, 0.05) is 6.20 Å². The molecule has 0 saturated carbocycles. The molecule has 1 heterocycles. The zero-order valence-electron chi connectivity index (χ0n) is 8.77. The molecule has 0 atom stereocenters. The van der Waals surface area contributed by atoms with Crippen LogP contribution in [0.1, 0.15) is 5.56 Å². The molecule has 0 aliphatic carbocycles. The summed E-state index contributed by atoms with van der Waals surface area (Å²) in [6, 6.07) is 9.35. The lowest BCUT2D eigenvalue weighted by molar-refractivity contribution is 0.462. The number of nitrogen functional groups attached to an aromatic ring is 1. The SMILES string of the molecule is Cc1ccc(Oc2ncccc2Br)c(N)c1. The second-order valence-electron chi connectivity index (χ2n) is 3.43. The Hall–Kier alpha value is -1.55. The first-order chi connectivity index (χ1) is 7.66. The molecule has 0 aliphatic heterocycles. The van der Waals surface area contributed by atoms with Gasteiger partial charge in [0.15, 0.2) is 5.75 Å². The van der Waals surface area contributed by atoms with Crippen LogP contribution in [0.25, 0.3) is 0 Å². The third-order valence-electron chi connectivity index (χ3n) is 2.10. The van der Waals surface area contributed by atoms with Crippen molar-refractivity contribution < 1.29 is 4.74 Å². The van der Waals surface area contributed by atoms with Crippen LogP contribution in [0, 0.1) is 6.92 Å². The van der Waals surface area contributed by atoms with Gasteiger partial charge in [-0.05, 0) is 52.7 Å². The van der Waals surface area contributed by atoms with Crippen LogP contribution in [-0.2, 0) is 0 Å². The van der Waals surface area contributed by atoms with Gasteiger partial charge in [-0.3, -0.25) is 0 Å². The van der Waals surface area contributed by atoms with E-state index in [0.29, 0.717) is 17.3 Å². The highest BCUT2D eigenvalue weighted by molar-refractivity contribution is 9.10. The van der Waals surface area contributed by atoms with Crippen LogP contribution in [-0.4, -0.2) is 4.98 Å². The molecule has 4 heteroatoms. The van der Waals surface area contributed by atoms with E-state index in [2.05, 4.69) is 20.9 Å². The molecule has 0 unspecified atom stereocenters. The van der Waals surface area contributed by atoms with E-state index in [1.54, 1.807) is 6.20 Å². The van der Waals surface area contributed by atoms with Crippen LogP contribution in [0.5, 0.6) is 11.6 Å². The summed E-state index contributed by atoms with van der Waals surface area (Å²) in [6.45, 7) is 1.98. The van der Waals surface area contributed by atoms with Gasteiger partial charge in [-0.1, -0.05) is 6.07 Å². The zero-order valence-corrected chi connectivity index (χ0v) is 10.4. The lowest BCUT2D eigenvalue weighted by Gasteiger charge is -2.09. The Labute approximate surface area is 102 Å². The predicted molar refractivity (Wildman–Crippen MR) is 67.6 cm³/mol. The van der Waals surface area contributed by atoms with E-state index in [1.807, 2.05) is 37.3 Å². The fourth-order valence-corrected chi connectivity index (χ4v) is 1.65. The molecule has 2 aromatic rings. The maximum atomic E-state index is 5.85. The van der Waals surface area contributed by atoms with E-state index in [9.17, 15) is 0 Å². The van der Waals surface area contributed by atoms with Gasteiger partial charge < -0.3 is 10.5 Å². The van der Waals surface area contributed by atoms with Crippen molar-refractivity contribution in [2.75, 3.05) is 5.73 Å². The third-order valence-corrected chi connectivity index (χ3v) is 2.70. The fourth-order valence-electron chi connectivity index (χ4n) is 1.31. The van der Waals surface area contributed by atoms with Crippen LogP contribution in [0.3, 0.4) is 0 Å². The standard InChI is InChI=1S/C12H11BrN2O/c1-8-4-5-11(10(14)7-8)16-12-9(13)3-2-6-15-12/h2-7H,14H2,1H3. The molecule has 0 radical (unpaired) electrons. The summed E-state index contributed by atoms with van der Waals surface area (Å²) in [6.07, 6.45) is 1.67. The molecule has 3 nitrogen and oxygen atoms in total. The molecule has 0 fully saturated rings. The number of aromatic nitrogens is 1. The zero-order chi connectivity index (χ0) is 11.5. The maximum absolute atomic E-state index is 5.85. The lowest BCUT2D eigenvalue weighted by Crippen LogP contribution is -1.94. The van der Waals surface area contributed by atoms with Crippen molar-refractivity contribution in [1.82, 2.24) is 4.98 Å². The fraction of sp³-hybridized carbons (Fsp3) is 0.0833. The monoisotopic (exact) mass is 278 g/mol. The highest BCUT2D eigenvalue weighted by Crippen LogP contribution is 2.30. The molecule has 2 N–H and O–H groups in total. The highest BCUT2D eigenvalue weighted by atomic mass is 79.9. The molecule has 1 aromatic carbocycles. The minimum atomic E-state index is 0.512. The van der Waals surface area contributed by atoms with Crippen molar-refractivity contribution >= 4 is 21.6 Å². The topological polar surface area (TPSA) is 48.1 Å². The molecular weight excluding hydrogens is 268 g/mol. The molecule has 1 aromatic heterocycles. The van der Waals surface area contributed by atoms with E-state index in [0.717, 1.165) is 10.0 Å². The molecule has 0 amide bonds. The van der Waals surface area contributed by atoms with Crippen LogP contribution >= 0.6 is 15.9 Å². The first kappa shape index (κ1) is 11.0. The molecule has 82 valence electrons. The van der Waals surface area contributed by atoms with Gasteiger partial charge in [-0.15, -0.1) is 0 Å². The second kappa shape index (κ2) is 4.53. The molecule has 0 bridgehead atoms. The smallest absolute Gasteiger partial charge is 0.233 e. The number of aryl methyl sites for hydroxylation is 1. The van der Waals surface area contributed by atoms with E-state index < -0.39 is 0 Å². The molecule has 0 aliphatic rings. The highest BCUT2D eigenvalue weighted by Gasteiger charge is 2.06. The number of nitrogens with zero attached hydrogens (tertiary/aromatic N) is 1. The molecule has 0 spiro atoms. The molecular formula is C12H11BrN2O. The van der Waals surface area contributed by atoms with Crippen LogP contribution < -0.4 is 10.5 Å². The average molecular weight is 279 g/mol. The van der Waals surface area contributed by atoms with Gasteiger partial charge in [0.25, 0.3) is 0 Å². The van der Waals surface area contributed by atoms with Crippen LogP contribution in [0.2, 0.25) is 0 Å². The summed E-state index contributed by atoms with van der Waals surface area (Å²) in [5, 5.41) is 0. The van der Waals surface area contributed by atoms with Crippen molar-refractivity contribution in [2.24, 2.45) is 0 Å². The minimum absolute atomic E-state index is 0.512. The number of hydrogen-bond donors (Lipinski definition) is 1. The van der Waals surface area contributed by atoms with Gasteiger partial charge in [0.2, 0.25) is 5.88 Å². The van der Waals surface area contributed by atoms with E-state index >= 15 is 0 Å². The quantitative estimate of drug-likeness (QED) is 0.855. The Balaban J connectivity index is 2.31. The lowest BCUT2D eigenvalue weighted by atomic mass is 10.2. The van der Waals surface area contributed by atoms with E-state index in [4.69, 9.17) is 10.5 Å². The number of hydrogen-bond acceptors (Lipinski definition) is 3. The Morgan fingerprint density at radius 1 is 1.31 bits per heavy atom. The summed E-state index contributed by atoms with van der Waals surface area (Å²) in [7, 11) is 0. The number of nitrogens with two attached hydrogens (primary N) is 1. The van der Waals surface area contributed by atoms with Gasteiger partial charge in [-0.25, -0.2) is 4.98 Å². The largest absolute Gasteiger partial charge is 0.436 e. The van der Waals surface area contributed by atoms with Gasteiger partial charge in [-0.2, -0.15) is 0 Å². The van der Waals surface area contributed by atoms with Crippen molar-refractivity contribution in [1.29, 1.82) is 0 Å². The van der Waals surface area contributed by atoms with Gasteiger partial charge in [0.1, 0.15) is 0 Å². The number of benzene rings is 1. The van der Waals surface area contributed by atoms with Crippen molar-refractivity contribution in [3.05, 3.63) is 46.6 Å². The third kappa shape index (κ3) is 2.33. The van der Waals surface area contributed by atoms with Gasteiger partial charge >= 0.3 is 0 Å². The molecule has 0 saturated heterocycles. The van der Waals surface area contributed by atoms with Crippen molar-refractivity contribution in [2.45, 2.75) is 6.92 Å². The van der Waals surface area contributed by atoms with Gasteiger partial charge in [0.05, 0.1) is 10.2 Å². The second-order valence-corrected chi connectivity index (χ2v) is 4.29. The van der Waals surface area contributed by atoms with E-state index in [1.165, 1.54) is 0 Å². The number of anilines is 1. The number of pyridine rings is 1. The summed E-state index contributed by atoms with van der Waals surface area (Å²) in [4.78, 5) is 4.11. The number of halogens is 1. The van der Waals surface area contributed by atoms with Crippen LogP contribution in [0.15, 0.2) is 41.0 Å². The normalized spacial score (nSPS) is 10.1. The number of rotatable bonds is 2. The van der Waals surface area contributed by atoms with Crippen molar-refractivity contribution in [3.63, 3.8) is 0 Å². The summed E-state index contributed by atoms with van der Waals surface area (Å²) >= 11 is 3.36. The van der Waals surface area contributed by atoms with E-state index in [-0.39, 0.29) is 0 Å². The Morgan fingerprint density at radius 3 is 2.81 bits per heavy atom. The average Bonchev–Trinajstić information content (AvgIpc) is 2.25. The number of ether oxygens (including phenoxy) is 1. The Bertz CT molecular complexity index is 514. The summed E-state index contributed by atoms with van der Waals surface area (Å²) < 4.78 is 6.41. The van der Waals surface area contributed by atoms with Crippen LogP contribution in [0.4, 0.5) is 5.69 Å². The summed E-state index contributed by atoms with van der Waals surface area (Å²) in [5.41, 5.74) is 7.56. The molecule has 16 heavy (non-hydrogen) atoms.